The first-order valence-corrected chi connectivity index (χ1v) is 29.4. The Morgan fingerprint density at radius 2 is 0.759 bits per heavy atom. The lowest BCUT2D eigenvalue weighted by molar-refractivity contribution is 0.583. The summed E-state index contributed by atoms with van der Waals surface area (Å²) in [5, 5.41) is 7.99. The minimum Gasteiger partial charge on any atom is -0.311 e. The topological polar surface area (TPSA) is 12.6 Å². The molecule has 3 aromatic heterocycles. The summed E-state index contributed by atoms with van der Waals surface area (Å²) in [5.41, 5.74) is 26.0. The fourth-order valence-electron chi connectivity index (χ4n) is 13.9. The highest BCUT2D eigenvalue weighted by molar-refractivity contribution is 6.99. The smallest absolute Gasteiger partial charge is 0.247 e. The van der Waals surface area contributed by atoms with Crippen LogP contribution in [-0.4, -0.2) is 15.7 Å². The quantitative estimate of drug-likeness (QED) is 0.157. The van der Waals surface area contributed by atoms with E-state index in [1.807, 2.05) is 0 Å². The Bertz CT molecular complexity index is 4360. The van der Waals surface area contributed by atoms with Crippen LogP contribution in [0.5, 0.6) is 0 Å². The van der Waals surface area contributed by atoms with Crippen molar-refractivity contribution in [1.82, 2.24) is 8.97 Å². The molecule has 5 heterocycles. The molecule has 0 bridgehead atoms. The molecule has 8 aromatic carbocycles. The minimum absolute atomic E-state index is 0.0187. The Balaban J connectivity index is 1.19. The van der Waals surface area contributed by atoms with E-state index < -0.39 is 0 Å². The van der Waals surface area contributed by atoms with Crippen LogP contribution in [0.3, 0.4) is 0 Å². The van der Waals surface area contributed by atoms with E-state index in [9.17, 15) is 0 Å². The predicted molar refractivity (Wildman–Crippen MR) is 346 cm³/mol. The third-order valence-corrected chi connectivity index (χ3v) is 18.8. The number of anilines is 3. The van der Waals surface area contributed by atoms with Crippen LogP contribution in [0.15, 0.2) is 133 Å². The lowest BCUT2D eigenvalue weighted by atomic mass is 9.30. The molecule has 0 saturated heterocycles. The van der Waals surface area contributed by atoms with Crippen molar-refractivity contribution in [3.05, 3.63) is 178 Å². The standard InChI is InChI=1S/C75H82BN3/c1-69(2,3)43-21-27-49(28-22-43)77-61-31-25-45(71(7,8)9)33-51(61)53-40-60-65(42-64(53)77)78(50-29-23-44(24-30-50)70(4,5)6)66-38-48(74(16,17)18)37-58-67(66)76(60)59-39-54-56-36-47(73(13,14)15)35-55-52-34-46(72(10,11)12)26-32-62(52)79(68(55)56)63(54)41-57(59)75(58,19)20/h21-42H,1-20H3. The molecule has 0 aliphatic carbocycles. The van der Waals surface area contributed by atoms with E-state index >= 15 is 0 Å². The Labute approximate surface area is 471 Å². The molecule has 2 aliphatic heterocycles. The zero-order valence-corrected chi connectivity index (χ0v) is 51.1. The highest BCUT2D eigenvalue weighted by Gasteiger charge is 2.48. The molecule has 0 radical (unpaired) electrons. The maximum Gasteiger partial charge on any atom is 0.247 e. The minimum atomic E-state index is -0.334. The Hall–Kier alpha value is -6.78. The number of fused-ring (bicyclic) bond motifs is 13. The van der Waals surface area contributed by atoms with Gasteiger partial charge in [0.2, 0.25) is 6.71 Å². The average molecular weight is 1040 g/mol. The largest absolute Gasteiger partial charge is 0.311 e. The normalized spacial score (nSPS) is 15.1. The Kier molecular flexibility index (Phi) is 10.6. The van der Waals surface area contributed by atoms with Gasteiger partial charge >= 0.3 is 0 Å². The third kappa shape index (κ3) is 7.65. The van der Waals surface area contributed by atoms with Crippen LogP contribution in [0, 0.1) is 0 Å². The molecule has 0 spiro atoms. The van der Waals surface area contributed by atoms with Gasteiger partial charge in [-0.15, -0.1) is 0 Å². The van der Waals surface area contributed by atoms with Gasteiger partial charge < -0.3 is 13.9 Å². The SMILES string of the molecule is CC(C)(C)c1ccc(N2c3cc4c(cc3B3c5cc6c7cc(C(C)(C)C)cc8c9cc(C(C)(C)C)ccc9n(c6cc5C(C)(C)c5cc(C(C)(C)C)cc2c53)c87)c2cc(C(C)(C)C)ccc2n4-c2ccc(C(C)(C)C)cc2)cc1. The molecule has 0 unspecified atom stereocenters. The number of hydrogen-bond donors (Lipinski definition) is 0. The summed E-state index contributed by atoms with van der Waals surface area (Å²) in [6, 6.07) is 54.3. The summed E-state index contributed by atoms with van der Waals surface area (Å²) >= 11 is 0. The van der Waals surface area contributed by atoms with Crippen LogP contribution in [0.1, 0.15) is 183 Å². The van der Waals surface area contributed by atoms with E-state index in [2.05, 4.69) is 286 Å². The number of nitrogens with zero attached hydrogens (tertiary/aromatic N) is 3. The molecule has 79 heavy (non-hydrogen) atoms. The van der Waals surface area contributed by atoms with Gasteiger partial charge in [-0.2, -0.15) is 0 Å². The van der Waals surface area contributed by atoms with Crippen LogP contribution in [0.4, 0.5) is 17.1 Å². The molecule has 13 rings (SSSR count). The third-order valence-electron chi connectivity index (χ3n) is 18.8. The summed E-state index contributed by atoms with van der Waals surface area (Å²) in [5.74, 6) is 0. The van der Waals surface area contributed by atoms with E-state index in [4.69, 9.17) is 0 Å². The second-order valence-electron chi connectivity index (χ2n) is 30.9. The van der Waals surface area contributed by atoms with Crippen molar-refractivity contribution < 1.29 is 0 Å². The van der Waals surface area contributed by atoms with Crippen molar-refractivity contribution in [1.29, 1.82) is 0 Å². The first-order chi connectivity index (χ1) is 36.7. The molecule has 11 aromatic rings. The van der Waals surface area contributed by atoms with Gasteiger partial charge in [-0.1, -0.05) is 199 Å². The van der Waals surface area contributed by atoms with Gasteiger partial charge in [0.1, 0.15) is 0 Å². The van der Waals surface area contributed by atoms with Crippen molar-refractivity contribution >= 4 is 100 Å². The van der Waals surface area contributed by atoms with Crippen molar-refractivity contribution in [2.75, 3.05) is 4.90 Å². The van der Waals surface area contributed by atoms with E-state index in [0.717, 1.165) is 0 Å². The Morgan fingerprint density at radius 3 is 1.29 bits per heavy atom. The van der Waals surface area contributed by atoms with Crippen molar-refractivity contribution in [2.45, 2.75) is 176 Å². The van der Waals surface area contributed by atoms with E-state index in [-0.39, 0.29) is 44.6 Å². The molecule has 4 heteroatoms. The molecule has 2 aliphatic rings. The zero-order valence-electron chi connectivity index (χ0n) is 51.1. The molecular formula is C75H82BN3. The lowest BCUT2D eigenvalue weighted by Gasteiger charge is -2.46. The summed E-state index contributed by atoms with van der Waals surface area (Å²) in [6.07, 6.45) is 0. The molecule has 3 nitrogen and oxygen atoms in total. The van der Waals surface area contributed by atoms with Crippen LogP contribution in [0.25, 0.3) is 65.6 Å². The van der Waals surface area contributed by atoms with Crippen molar-refractivity contribution in [3.8, 4) is 5.69 Å². The number of benzene rings is 8. The Morgan fingerprint density at radius 1 is 0.329 bits per heavy atom. The van der Waals surface area contributed by atoms with Crippen LogP contribution < -0.4 is 21.3 Å². The molecule has 0 atom stereocenters. The second-order valence-corrected chi connectivity index (χ2v) is 30.9. The average Bonchev–Trinajstić information content (AvgIpc) is 2.77. The predicted octanol–water partition coefficient (Wildman–Crippen LogP) is 18.7. The van der Waals surface area contributed by atoms with Crippen LogP contribution in [-0.2, 0) is 37.9 Å². The van der Waals surface area contributed by atoms with E-state index in [1.54, 1.807) is 0 Å². The second kappa shape index (κ2) is 16.2. The number of aromatic nitrogens is 2. The maximum atomic E-state index is 2.67. The van der Waals surface area contributed by atoms with E-state index in [1.165, 1.54) is 144 Å². The van der Waals surface area contributed by atoms with Gasteiger partial charge in [-0.25, -0.2) is 0 Å². The molecule has 400 valence electrons. The summed E-state index contributed by atoms with van der Waals surface area (Å²) in [7, 11) is 0. The van der Waals surface area contributed by atoms with Crippen LogP contribution in [0.2, 0.25) is 0 Å². The number of rotatable bonds is 2. The number of hydrogen-bond acceptors (Lipinski definition) is 1. The fourth-order valence-corrected chi connectivity index (χ4v) is 13.9. The van der Waals surface area contributed by atoms with Gasteiger partial charge in [-0.05, 0) is 167 Å². The van der Waals surface area contributed by atoms with Gasteiger partial charge in [0, 0.05) is 60.5 Å². The summed E-state index contributed by atoms with van der Waals surface area (Å²) in [4.78, 5) is 2.66. The highest BCUT2D eigenvalue weighted by atomic mass is 15.2. The van der Waals surface area contributed by atoms with Gasteiger partial charge in [-0.3, -0.25) is 0 Å². The van der Waals surface area contributed by atoms with Gasteiger partial charge in [0.25, 0.3) is 0 Å². The zero-order chi connectivity index (χ0) is 56.4. The molecule has 0 fully saturated rings. The van der Waals surface area contributed by atoms with Crippen molar-refractivity contribution in [3.63, 3.8) is 0 Å². The summed E-state index contributed by atoms with van der Waals surface area (Å²) in [6.45, 7) is 47.3. The monoisotopic (exact) mass is 1040 g/mol. The fraction of sp³-hybridized carbons (Fsp3) is 0.360. The molecule has 0 amide bonds. The van der Waals surface area contributed by atoms with Gasteiger partial charge in [0.05, 0.1) is 27.6 Å². The first-order valence-electron chi connectivity index (χ1n) is 29.4. The molecular weight excluding hydrogens is 954 g/mol. The maximum absolute atomic E-state index is 2.67. The molecule has 0 N–H and O–H groups in total. The lowest BCUT2D eigenvalue weighted by Crippen LogP contribution is -2.64. The molecule has 0 saturated carbocycles. The van der Waals surface area contributed by atoms with Crippen LogP contribution >= 0.6 is 0 Å². The summed E-state index contributed by atoms with van der Waals surface area (Å²) < 4.78 is 5.19. The first kappa shape index (κ1) is 51.6. The van der Waals surface area contributed by atoms with Gasteiger partial charge in [0.15, 0.2) is 0 Å². The van der Waals surface area contributed by atoms with Crippen molar-refractivity contribution in [2.24, 2.45) is 0 Å². The highest BCUT2D eigenvalue weighted by Crippen LogP contribution is 2.50. The van der Waals surface area contributed by atoms with E-state index in [0.29, 0.717) is 0 Å².